The standard InChI is InChI=1S/C13H22O2/c1-4-12(14)15-11-7-9-13(5-2,6-3)10-8-11/h4,11H,1,5-10H2,2-3H3. The Hall–Kier alpha value is -0.790. The van der Waals surface area contributed by atoms with E-state index in [-0.39, 0.29) is 12.1 Å². The van der Waals surface area contributed by atoms with E-state index < -0.39 is 0 Å². The second-order valence-corrected chi connectivity index (χ2v) is 4.55. The van der Waals surface area contributed by atoms with Crippen LogP contribution < -0.4 is 0 Å². The Labute approximate surface area is 92.7 Å². The first-order valence-electron chi connectivity index (χ1n) is 5.99. The first kappa shape index (κ1) is 12.3. The van der Waals surface area contributed by atoms with Crippen molar-refractivity contribution in [1.29, 1.82) is 0 Å². The smallest absolute Gasteiger partial charge is 0.330 e. The topological polar surface area (TPSA) is 26.3 Å². The van der Waals surface area contributed by atoms with E-state index in [2.05, 4.69) is 20.4 Å². The van der Waals surface area contributed by atoms with Crippen LogP contribution in [0.25, 0.3) is 0 Å². The number of hydrogen-bond acceptors (Lipinski definition) is 2. The zero-order chi connectivity index (χ0) is 11.3. The zero-order valence-corrected chi connectivity index (χ0v) is 9.92. The molecular weight excluding hydrogens is 188 g/mol. The molecule has 0 aliphatic heterocycles. The number of ether oxygens (including phenoxy) is 1. The van der Waals surface area contributed by atoms with Crippen LogP contribution in [-0.4, -0.2) is 12.1 Å². The third-order valence-corrected chi connectivity index (χ3v) is 3.94. The molecule has 2 nitrogen and oxygen atoms in total. The molecule has 0 radical (unpaired) electrons. The third-order valence-electron chi connectivity index (χ3n) is 3.94. The summed E-state index contributed by atoms with van der Waals surface area (Å²) in [6, 6.07) is 0. The first-order chi connectivity index (χ1) is 7.15. The number of carbonyl (C=O) groups excluding carboxylic acids is 1. The normalized spacial score (nSPS) is 20.9. The molecule has 0 aromatic heterocycles. The number of esters is 1. The summed E-state index contributed by atoms with van der Waals surface area (Å²) in [6.07, 6.45) is 8.27. The molecule has 1 fully saturated rings. The van der Waals surface area contributed by atoms with E-state index in [0.717, 1.165) is 12.8 Å². The summed E-state index contributed by atoms with van der Waals surface area (Å²) in [6.45, 7) is 7.94. The molecule has 1 rings (SSSR count). The van der Waals surface area contributed by atoms with Crippen molar-refractivity contribution in [3.05, 3.63) is 12.7 Å². The molecule has 0 amide bonds. The van der Waals surface area contributed by atoms with Crippen LogP contribution in [0.1, 0.15) is 52.4 Å². The molecule has 1 aliphatic carbocycles. The van der Waals surface area contributed by atoms with E-state index in [9.17, 15) is 4.79 Å². The SMILES string of the molecule is C=CC(=O)OC1CCC(CC)(CC)CC1. The van der Waals surface area contributed by atoms with Gasteiger partial charge in [0, 0.05) is 6.08 Å². The molecule has 0 heterocycles. The first-order valence-corrected chi connectivity index (χ1v) is 5.99. The van der Waals surface area contributed by atoms with Crippen molar-refractivity contribution in [2.75, 3.05) is 0 Å². The van der Waals surface area contributed by atoms with E-state index >= 15 is 0 Å². The van der Waals surface area contributed by atoms with Gasteiger partial charge in [-0.2, -0.15) is 0 Å². The quantitative estimate of drug-likeness (QED) is 0.524. The molecule has 0 spiro atoms. The molecule has 0 bridgehead atoms. The molecule has 0 aromatic rings. The Balaban J connectivity index is 2.41. The van der Waals surface area contributed by atoms with Crippen LogP contribution in [-0.2, 0) is 9.53 Å². The number of hydrogen-bond donors (Lipinski definition) is 0. The number of rotatable bonds is 4. The summed E-state index contributed by atoms with van der Waals surface area (Å²) in [7, 11) is 0. The van der Waals surface area contributed by atoms with Crippen LogP contribution in [0.5, 0.6) is 0 Å². The molecule has 86 valence electrons. The average Bonchev–Trinajstić information content (AvgIpc) is 2.30. The molecular formula is C13H22O2. The lowest BCUT2D eigenvalue weighted by Gasteiger charge is -2.38. The van der Waals surface area contributed by atoms with Crippen molar-refractivity contribution < 1.29 is 9.53 Å². The predicted molar refractivity (Wildman–Crippen MR) is 61.6 cm³/mol. The van der Waals surface area contributed by atoms with E-state index in [1.807, 2.05) is 0 Å². The highest BCUT2D eigenvalue weighted by atomic mass is 16.5. The van der Waals surface area contributed by atoms with Crippen LogP contribution >= 0.6 is 0 Å². The average molecular weight is 210 g/mol. The van der Waals surface area contributed by atoms with Crippen molar-refractivity contribution in [2.45, 2.75) is 58.5 Å². The fraction of sp³-hybridized carbons (Fsp3) is 0.769. The van der Waals surface area contributed by atoms with Gasteiger partial charge in [0.1, 0.15) is 6.10 Å². The van der Waals surface area contributed by atoms with Gasteiger partial charge in [-0.15, -0.1) is 0 Å². The van der Waals surface area contributed by atoms with Crippen molar-refractivity contribution >= 4 is 5.97 Å². The van der Waals surface area contributed by atoms with Crippen molar-refractivity contribution in [3.63, 3.8) is 0 Å². The lowest BCUT2D eigenvalue weighted by atomic mass is 9.70. The maximum Gasteiger partial charge on any atom is 0.330 e. The largest absolute Gasteiger partial charge is 0.459 e. The monoisotopic (exact) mass is 210 g/mol. The van der Waals surface area contributed by atoms with Crippen LogP contribution in [0.4, 0.5) is 0 Å². The van der Waals surface area contributed by atoms with Crippen molar-refractivity contribution in [3.8, 4) is 0 Å². The maximum atomic E-state index is 11.0. The van der Waals surface area contributed by atoms with Gasteiger partial charge in [0.05, 0.1) is 0 Å². The van der Waals surface area contributed by atoms with E-state index in [1.165, 1.54) is 31.8 Å². The zero-order valence-electron chi connectivity index (χ0n) is 9.92. The maximum absolute atomic E-state index is 11.0. The molecule has 0 atom stereocenters. The molecule has 0 aromatic carbocycles. The van der Waals surface area contributed by atoms with Gasteiger partial charge < -0.3 is 4.74 Å². The van der Waals surface area contributed by atoms with Gasteiger partial charge in [-0.1, -0.05) is 33.3 Å². The van der Waals surface area contributed by atoms with Crippen LogP contribution in [0.2, 0.25) is 0 Å². The highest BCUT2D eigenvalue weighted by Crippen LogP contribution is 2.42. The highest BCUT2D eigenvalue weighted by molar-refractivity contribution is 5.81. The third kappa shape index (κ3) is 3.08. The summed E-state index contributed by atoms with van der Waals surface area (Å²) in [4.78, 5) is 11.0. The Morgan fingerprint density at radius 2 is 1.93 bits per heavy atom. The van der Waals surface area contributed by atoms with Crippen LogP contribution in [0, 0.1) is 5.41 Å². The predicted octanol–water partition coefficient (Wildman–Crippen LogP) is 3.46. The van der Waals surface area contributed by atoms with Crippen LogP contribution in [0.3, 0.4) is 0 Å². The lowest BCUT2D eigenvalue weighted by Crippen LogP contribution is -2.31. The Bertz CT molecular complexity index is 219. The molecule has 1 aliphatic rings. The molecule has 0 saturated heterocycles. The molecule has 2 heteroatoms. The second kappa shape index (κ2) is 5.34. The lowest BCUT2D eigenvalue weighted by molar-refractivity contribution is -0.145. The van der Waals surface area contributed by atoms with Crippen LogP contribution in [0.15, 0.2) is 12.7 Å². The van der Waals surface area contributed by atoms with E-state index in [4.69, 9.17) is 4.74 Å². The fourth-order valence-corrected chi connectivity index (χ4v) is 2.49. The molecule has 0 unspecified atom stereocenters. The summed E-state index contributed by atoms with van der Waals surface area (Å²) < 4.78 is 5.27. The van der Waals surface area contributed by atoms with Crippen molar-refractivity contribution in [2.24, 2.45) is 5.41 Å². The molecule has 1 saturated carbocycles. The molecule has 0 N–H and O–H groups in total. The minimum absolute atomic E-state index is 0.127. The summed E-state index contributed by atoms with van der Waals surface area (Å²) >= 11 is 0. The summed E-state index contributed by atoms with van der Waals surface area (Å²) in [5, 5.41) is 0. The number of carbonyl (C=O) groups is 1. The minimum atomic E-state index is -0.277. The van der Waals surface area contributed by atoms with Gasteiger partial charge in [0.2, 0.25) is 0 Å². The van der Waals surface area contributed by atoms with Gasteiger partial charge in [0.25, 0.3) is 0 Å². The second-order valence-electron chi connectivity index (χ2n) is 4.55. The summed E-state index contributed by atoms with van der Waals surface area (Å²) in [5.74, 6) is -0.277. The Morgan fingerprint density at radius 3 is 2.33 bits per heavy atom. The van der Waals surface area contributed by atoms with Crippen molar-refractivity contribution in [1.82, 2.24) is 0 Å². The van der Waals surface area contributed by atoms with E-state index in [0.29, 0.717) is 5.41 Å². The van der Waals surface area contributed by atoms with Gasteiger partial charge in [-0.25, -0.2) is 4.79 Å². The highest BCUT2D eigenvalue weighted by Gasteiger charge is 2.33. The van der Waals surface area contributed by atoms with Gasteiger partial charge in [-0.05, 0) is 31.1 Å². The Morgan fingerprint density at radius 1 is 1.40 bits per heavy atom. The van der Waals surface area contributed by atoms with E-state index in [1.54, 1.807) is 0 Å². The molecule has 15 heavy (non-hydrogen) atoms. The van der Waals surface area contributed by atoms with Gasteiger partial charge in [0.15, 0.2) is 0 Å². The summed E-state index contributed by atoms with van der Waals surface area (Å²) in [5.41, 5.74) is 0.511. The minimum Gasteiger partial charge on any atom is -0.459 e. The van der Waals surface area contributed by atoms with Gasteiger partial charge >= 0.3 is 5.97 Å². The van der Waals surface area contributed by atoms with Gasteiger partial charge in [-0.3, -0.25) is 0 Å². The fourth-order valence-electron chi connectivity index (χ4n) is 2.49. The Kier molecular flexibility index (Phi) is 4.37.